The lowest BCUT2D eigenvalue weighted by Crippen LogP contribution is -1.92. The highest BCUT2D eigenvalue weighted by molar-refractivity contribution is 7.71. The maximum atomic E-state index is 5.27. The van der Waals surface area contributed by atoms with Gasteiger partial charge in [-0.05, 0) is 12.1 Å². The van der Waals surface area contributed by atoms with E-state index in [-0.39, 0.29) is 0 Å². The number of rotatable bonds is 1. The van der Waals surface area contributed by atoms with Gasteiger partial charge in [0, 0.05) is 11.8 Å². The highest BCUT2D eigenvalue weighted by atomic mass is 32.1. The van der Waals surface area contributed by atoms with E-state index < -0.39 is 0 Å². The summed E-state index contributed by atoms with van der Waals surface area (Å²) in [6.45, 7) is 0. The van der Waals surface area contributed by atoms with Gasteiger partial charge in [-0.3, -0.25) is 0 Å². The quantitative estimate of drug-likeness (QED) is 0.662. The van der Waals surface area contributed by atoms with Crippen molar-refractivity contribution in [2.45, 2.75) is 0 Å². The van der Waals surface area contributed by atoms with Crippen molar-refractivity contribution < 1.29 is 0 Å². The van der Waals surface area contributed by atoms with Crippen LogP contribution in [0.15, 0.2) is 48.7 Å². The van der Waals surface area contributed by atoms with Crippen LogP contribution >= 0.6 is 12.2 Å². The molecule has 0 spiro atoms. The molecule has 3 aromatic rings. The van der Waals surface area contributed by atoms with Crippen molar-refractivity contribution in [3.8, 4) is 11.4 Å². The van der Waals surface area contributed by atoms with Crippen molar-refractivity contribution in [2.75, 3.05) is 0 Å². The zero-order valence-corrected chi connectivity index (χ0v) is 9.74. The minimum absolute atomic E-state index is 0.575. The summed E-state index contributed by atoms with van der Waals surface area (Å²) in [7, 11) is 0. The van der Waals surface area contributed by atoms with Gasteiger partial charge in [0.15, 0.2) is 0 Å². The molecule has 0 radical (unpaired) electrons. The first-order valence-corrected chi connectivity index (χ1v) is 5.66. The maximum absolute atomic E-state index is 5.27. The van der Waals surface area contributed by atoms with Crippen LogP contribution in [0, 0.1) is 4.64 Å². The predicted molar refractivity (Wildman–Crippen MR) is 70.2 cm³/mol. The summed E-state index contributed by atoms with van der Waals surface area (Å²) in [4.78, 5) is 11.9. The monoisotopic (exact) mass is 239 g/mol. The lowest BCUT2D eigenvalue weighted by molar-refractivity contribution is 1.17. The van der Waals surface area contributed by atoms with Crippen molar-refractivity contribution in [2.24, 2.45) is 0 Å². The summed E-state index contributed by atoms with van der Waals surface area (Å²) < 4.78 is 0.575. The number of hydrogen-bond donors (Lipinski definition) is 1. The fourth-order valence-electron chi connectivity index (χ4n) is 1.71. The van der Waals surface area contributed by atoms with Gasteiger partial charge < -0.3 is 4.98 Å². The average molecular weight is 239 g/mol. The smallest absolute Gasteiger partial charge is 0.141 e. The van der Waals surface area contributed by atoms with Crippen molar-refractivity contribution in [1.29, 1.82) is 0 Å². The molecular weight excluding hydrogens is 230 g/mol. The molecule has 0 aliphatic carbocycles. The van der Waals surface area contributed by atoms with Gasteiger partial charge in [-0.25, -0.2) is 9.97 Å². The van der Waals surface area contributed by atoms with Crippen molar-refractivity contribution in [3.05, 3.63) is 53.3 Å². The first kappa shape index (κ1) is 10.1. The molecule has 0 fully saturated rings. The van der Waals surface area contributed by atoms with Gasteiger partial charge >= 0.3 is 0 Å². The first-order valence-electron chi connectivity index (χ1n) is 5.25. The molecule has 0 aliphatic heterocycles. The van der Waals surface area contributed by atoms with E-state index in [9.17, 15) is 0 Å². The van der Waals surface area contributed by atoms with Gasteiger partial charge in [-0.2, -0.15) is 0 Å². The van der Waals surface area contributed by atoms with Gasteiger partial charge in [0.1, 0.15) is 16.1 Å². The lowest BCUT2D eigenvalue weighted by Gasteiger charge is -2.03. The van der Waals surface area contributed by atoms with Crippen LogP contribution in [0.2, 0.25) is 0 Å². The largest absolute Gasteiger partial charge is 0.324 e. The average Bonchev–Trinajstić information content (AvgIpc) is 2.40. The number of pyridine rings is 1. The number of hydrogen-bond acceptors (Lipinski definition) is 3. The standard InChI is InChI=1S/C13H9N3S/c17-13-10-7-4-8-14-12(10)15-11(16-13)9-5-2-1-3-6-9/h1-8H,(H,14,15,16,17). The highest BCUT2D eigenvalue weighted by Gasteiger charge is 2.03. The molecule has 2 heterocycles. The molecule has 82 valence electrons. The van der Waals surface area contributed by atoms with Gasteiger partial charge in [0.05, 0.1) is 5.39 Å². The Morgan fingerprint density at radius 1 is 1.00 bits per heavy atom. The highest BCUT2D eigenvalue weighted by Crippen LogP contribution is 2.17. The minimum atomic E-state index is 0.575. The Balaban J connectivity index is 2.30. The van der Waals surface area contributed by atoms with E-state index in [4.69, 9.17) is 12.2 Å². The summed E-state index contributed by atoms with van der Waals surface area (Å²) >= 11 is 5.27. The van der Waals surface area contributed by atoms with Crippen molar-refractivity contribution in [3.63, 3.8) is 0 Å². The SMILES string of the molecule is S=c1nc(-c2ccccc2)[nH]c2ncccc12. The minimum Gasteiger partial charge on any atom is -0.324 e. The van der Waals surface area contributed by atoms with E-state index >= 15 is 0 Å². The topological polar surface area (TPSA) is 41.6 Å². The number of benzene rings is 1. The second-order valence-electron chi connectivity index (χ2n) is 3.66. The van der Waals surface area contributed by atoms with Crippen molar-refractivity contribution >= 4 is 23.3 Å². The van der Waals surface area contributed by atoms with Crippen molar-refractivity contribution in [1.82, 2.24) is 15.0 Å². The van der Waals surface area contributed by atoms with Crippen LogP contribution in [0.5, 0.6) is 0 Å². The molecule has 4 heteroatoms. The van der Waals surface area contributed by atoms with Crippen LogP contribution in [0.1, 0.15) is 0 Å². The number of aromatic amines is 1. The third-order valence-electron chi connectivity index (χ3n) is 2.54. The molecule has 1 N–H and O–H groups in total. The Hall–Kier alpha value is -2.07. The number of nitrogens with one attached hydrogen (secondary N) is 1. The van der Waals surface area contributed by atoms with E-state index in [0.29, 0.717) is 4.64 Å². The van der Waals surface area contributed by atoms with Crippen LogP contribution in [-0.2, 0) is 0 Å². The molecule has 0 aliphatic rings. The van der Waals surface area contributed by atoms with Crippen LogP contribution < -0.4 is 0 Å². The Morgan fingerprint density at radius 3 is 2.65 bits per heavy atom. The maximum Gasteiger partial charge on any atom is 0.141 e. The molecule has 0 saturated carbocycles. The zero-order chi connectivity index (χ0) is 11.7. The van der Waals surface area contributed by atoms with Gasteiger partial charge in [-0.15, -0.1) is 0 Å². The fraction of sp³-hybridized carbons (Fsp3) is 0. The second kappa shape index (κ2) is 4.07. The van der Waals surface area contributed by atoms with Crippen LogP contribution in [0.3, 0.4) is 0 Å². The molecule has 0 saturated heterocycles. The molecule has 0 atom stereocenters. The number of aromatic nitrogens is 3. The summed E-state index contributed by atoms with van der Waals surface area (Å²) in [5, 5.41) is 0.877. The van der Waals surface area contributed by atoms with E-state index in [1.807, 2.05) is 42.5 Å². The van der Waals surface area contributed by atoms with Crippen LogP contribution in [-0.4, -0.2) is 15.0 Å². The second-order valence-corrected chi connectivity index (χ2v) is 4.04. The van der Waals surface area contributed by atoms with Gasteiger partial charge in [-0.1, -0.05) is 42.5 Å². The molecule has 0 unspecified atom stereocenters. The molecule has 3 nitrogen and oxygen atoms in total. The van der Waals surface area contributed by atoms with E-state index in [0.717, 1.165) is 22.4 Å². The summed E-state index contributed by atoms with van der Waals surface area (Å²) in [6, 6.07) is 13.7. The number of fused-ring (bicyclic) bond motifs is 1. The predicted octanol–water partition coefficient (Wildman–Crippen LogP) is 3.35. The lowest BCUT2D eigenvalue weighted by atomic mass is 10.2. The Bertz CT molecular complexity index is 719. The number of H-pyrrole nitrogens is 1. The molecule has 0 bridgehead atoms. The molecule has 17 heavy (non-hydrogen) atoms. The molecule has 3 rings (SSSR count). The summed E-state index contributed by atoms with van der Waals surface area (Å²) in [6.07, 6.45) is 1.74. The molecule has 0 amide bonds. The Morgan fingerprint density at radius 2 is 1.82 bits per heavy atom. The summed E-state index contributed by atoms with van der Waals surface area (Å²) in [5.41, 5.74) is 1.78. The normalized spacial score (nSPS) is 10.6. The first-order chi connectivity index (χ1) is 8.34. The Kier molecular flexibility index (Phi) is 2.42. The van der Waals surface area contributed by atoms with E-state index in [1.54, 1.807) is 6.20 Å². The zero-order valence-electron chi connectivity index (χ0n) is 8.92. The Labute approximate surface area is 103 Å². The van der Waals surface area contributed by atoms with Crippen LogP contribution in [0.25, 0.3) is 22.4 Å². The van der Waals surface area contributed by atoms with Gasteiger partial charge in [0.25, 0.3) is 0 Å². The molecule has 1 aromatic carbocycles. The fourth-order valence-corrected chi connectivity index (χ4v) is 1.97. The third kappa shape index (κ3) is 1.83. The number of nitrogens with zero attached hydrogens (tertiary/aromatic N) is 2. The van der Waals surface area contributed by atoms with Gasteiger partial charge in [0.2, 0.25) is 0 Å². The third-order valence-corrected chi connectivity index (χ3v) is 2.85. The van der Waals surface area contributed by atoms with E-state index in [1.165, 1.54) is 0 Å². The van der Waals surface area contributed by atoms with Crippen LogP contribution in [0.4, 0.5) is 0 Å². The van der Waals surface area contributed by atoms with E-state index in [2.05, 4.69) is 15.0 Å². The molecular formula is C13H9N3S. The molecule has 2 aromatic heterocycles. The summed E-state index contributed by atoms with van der Waals surface area (Å²) in [5.74, 6) is 0.752.